The fourth-order valence-corrected chi connectivity index (χ4v) is 2.87. The van der Waals surface area contributed by atoms with Gasteiger partial charge in [0.15, 0.2) is 0 Å². The molecular formula is C15H23N3O3. The number of amides is 1. The molecule has 0 aliphatic heterocycles. The number of carboxylic acid groups (broad SMARTS) is 1. The molecule has 0 aromatic carbocycles. The molecule has 0 spiro atoms. The van der Waals surface area contributed by atoms with Crippen molar-refractivity contribution in [2.75, 3.05) is 0 Å². The summed E-state index contributed by atoms with van der Waals surface area (Å²) in [5, 5.41) is 16.3. The van der Waals surface area contributed by atoms with Crippen molar-refractivity contribution in [3.8, 4) is 0 Å². The fraction of sp³-hybridized carbons (Fsp3) is 0.667. The van der Waals surface area contributed by atoms with Crippen molar-refractivity contribution in [2.45, 2.75) is 52.6 Å². The van der Waals surface area contributed by atoms with Crippen LogP contribution in [0.1, 0.15) is 49.2 Å². The number of rotatable bonds is 5. The molecule has 0 saturated heterocycles. The van der Waals surface area contributed by atoms with Crippen LogP contribution in [-0.2, 0) is 11.3 Å². The summed E-state index contributed by atoms with van der Waals surface area (Å²) in [5.41, 5.74) is 1.36. The van der Waals surface area contributed by atoms with Gasteiger partial charge in [-0.3, -0.25) is 14.3 Å². The molecule has 6 heteroatoms. The normalized spacial score (nSPS) is 21.7. The van der Waals surface area contributed by atoms with Crippen LogP contribution in [0, 0.1) is 18.8 Å². The van der Waals surface area contributed by atoms with Crippen LogP contribution >= 0.6 is 0 Å². The van der Waals surface area contributed by atoms with Gasteiger partial charge in [0.1, 0.15) is 0 Å². The van der Waals surface area contributed by atoms with Crippen molar-refractivity contribution in [2.24, 2.45) is 11.8 Å². The van der Waals surface area contributed by atoms with Crippen LogP contribution < -0.4 is 5.32 Å². The Hall–Kier alpha value is -1.85. The molecule has 21 heavy (non-hydrogen) atoms. The highest BCUT2D eigenvalue weighted by atomic mass is 16.4. The number of aliphatic carboxylic acids is 1. The summed E-state index contributed by atoms with van der Waals surface area (Å²) in [6.07, 6.45) is 3.76. The van der Waals surface area contributed by atoms with E-state index in [0.29, 0.717) is 17.9 Å². The summed E-state index contributed by atoms with van der Waals surface area (Å²) in [5.74, 6) is -1.07. The maximum absolute atomic E-state index is 12.3. The van der Waals surface area contributed by atoms with E-state index in [2.05, 4.69) is 24.3 Å². The lowest BCUT2D eigenvalue weighted by Gasteiger charge is -2.17. The van der Waals surface area contributed by atoms with Gasteiger partial charge >= 0.3 is 5.97 Å². The third-order valence-electron chi connectivity index (χ3n) is 4.04. The molecule has 2 rings (SSSR count). The van der Waals surface area contributed by atoms with E-state index in [4.69, 9.17) is 5.11 Å². The van der Waals surface area contributed by atoms with Crippen LogP contribution in [0.5, 0.6) is 0 Å². The lowest BCUT2D eigenvalue weighted by atomic mass is 10.0. The minimum Gasteiger partial charge on any atom is -0.481 e. The number of nitrogens with one attached hydrogen (secondary N) is 1. The molecule has 1 aromatic rings. The second-order valence-corrected chi connectivity index (χ2v) is 6.18. The standard InChI is InChI=1S/C15H23N3O3/c1-9(2)8-18-10(3)12(7-16-18)14(19)17-13-6-4-5-11(13)15(20)21/h7,9,11,13H,4-6,8H2,1-3H3,(H,17,19)(H,20,21)/t11-,13+/m0/s1. The highest BCUT2D eigenvalue weighted by Crippen LogP contribution is 2.26. The van der Waals surface area contributed by atoms with E-state index in [-0.39, 0.29) is 11.9 Å². The Morgan fingerprint density at radius 1 is 1.48 bits per heavy atom. The van der Waals surface area contributed by atoms with Crippen molar-refractivity contribution in [1.29, 1.82) is 0 Å². The Bertz CT molecular complexity index is 536. The fourth-order valence-electron chi connectivity index (χ4n) is 2.87. The zero-order valence-electron chi connectivity index (χ0n) is 12.8. The minimum atomic E-state index is -0.829. The van der Waals surface area contributed by atoms with Gasteiger partial charge in [0.2, 0.25) is 0 Å². The number of nitrogens with zero attached hydrogens (tertiary/aromatic N) is 2. The third-order valence-corrected chi connectivity index (χ3v) is 4.04. The van der Waals surface area contributed by atoms with Gasteiger partial charge in [-0.15, -0.1) is 0 Å². The van der Waals surface area contributed by atoms with Gasteiger partial charge in [0.25, 0.3) is 5.91 Å². The lowest BCUT2D eigenvalue weighted by Crippen LogP contribution is -2.40. The monoisotopic (exact) mass is 293 g/mol. The topological polar surface area (TPSA) is 84.2 Å². The molecule has 1 aliphatic carbocycles. The second-order valence-electron chi connectivity index (χ2n) is 6.18. The molecule has 1 fully saturated rings. The Labute approximate surface area is 124 Å². The van der Waals surface area contributed by atoms with E-state index in [0.717, 1.165) is 25.1 Å². The van der Waals surface area contributed by atoms with Gasteiger partial charge < -0.3 is 10.4 Å². The summed E-state index contributed by atoms with van der Waals surface area (Å²) in [6.45, 7) is 6.82. The first-order valence-corrected chi connectivity index (χ1v) is 7.46. The van der Waals surface area contributed by atoms with Crippen LogP contribution in [0.2, 0.25) is 0 Å². The molecule has 6 nitrogen and oxygen atoms in total. The summed E-state index contributed by atoms with van der Waals surface area (Å²) in [4.78, 5) is 23.5. The number of carboxylic acids is 1. The lowest BCUT2D eigenvalue weighted by molar-refractivity contribution is -0.142. The molecule has 2 N–H and O–H groups in total. The van der Waals surface area contributed by atoms with Crippen molar-refractivity contribution < 1.29 is 14.7 Å². The SMILES string of the molecule is Cc1c(C(=O)N[C@@H]2CCC[C@@H]2C(=O)O)cnn1CC(C)C. The smallest absolute Gasteiger partial charge is 0.308 e. The molecular weight excluding hydrogens is 270 g/mol. The van der Waals surface area contributed by atoms with Gasteiger partial charge in [-0.2, -0.15) is 5.10 Å². The Morgan fingerprint density at radius 2 is 2.19 bits per heavy atom. The van der Waals surface area contributed by atoms with E-state index in [1.165, 1.54) is 0 Å². The van der Waals surface area contributed by atoms with Crippen LogP contribution in [0.25, 0.3) is 0 Å². The van der Waals surface area contributed by atoms with Gasteiger partial charge in [-0.25, -0.2) is 0 Å². The predicted octanol–water partition coefficient (Wildman–Crippen LogP) is 1.83. The largest absolute Gasteiger partial charge is 0.481 e. The maximum atomic E-state index is 12.3. The molecule has 1 aliphatic rings. The van der Waals surface area contributed by atoms with Crippen molar-refractivity contribution in [1.82, 2.24) is 15.1 Å². The molecule has 1 amide bonds. The summed E-state index contributed by atoms with van der Waals surface area (Å²) >= 11 is 0. The van der Waals surface area contributed by atoms with E-state index in [1.54, 1.807) is 6.20 Å². The first-order valence-electron chi connectivity index (χ1n) is 7.46. The molecule has 2 atom stereocenters. The van der Waals surface area contributed by atoms with Crippen LogP contribution in [0.4, 0.5) is 0 Å². The third kappa shape index (κ3) is 3.43. The van der Waals surface area contributed by atoms with Crippen molar-refractivity contribution in [3.63, 3.8) is 0 Å². The van der Waals surface area contributed by atoms with Gasteiger partial charge in [0, 0.05) is 18.3 Å². The molecule has 1 saturated carbocycles. The van der Waals surface area contributed by atoms with Crippen LogP contribution in [0.15, 0.2) is 6.20 Å². The molecule has 1 heterocycles. The Balaban J connectivity index is 2.07. The van der Waals surface area contributed by atoms with E-state index in [9.17, 15) is 9.59 Å². The van der Waals surface area contributed by atoms with E-state index < -0.39 is 11.9 Å². The second kappa shape index (κ2) is 6.28. The average molecular weight is 293 g/mol. The zero-order chi connectivity index (χ0) is 15.6. The number of carbonyl (C=O) groups excluding carboxylic acids is 1. The number of hydrogen-bond acceptors (Lipinski definition) is 3. The highest BCUT2D eigenvalue weighted by Gasteiger charge is 2.34. The van der Waals surface area contributed by atoms with Gasteiger partial charge in [-0.05, 0) is 25.7 Å². The van der Waals surface area contributed by atoms with Crippen molar-refractivity contribution >= 4 is 11.9 Å². The minimum absolute atomic E-state index is 0.222. The predicted molar refractivity (Wildman–Crippen MR) is 78.0 cm³/mol. The summed E-state index contributed by atoms with van der Waals surface area (Å²) in [7, 11) is 0. The Morgan fingerprint density at radius 3 is 2.81 bits per heavy atom. The first kappa shape index (κ1) is 15.5. The quantitative estimate of drug-likeness (QED) is 0.867. The van der Waals surface area contributed by atoms with Crippen LogP contribution in [0.3, 0.4) is 0 Å². The highest BCUT2D eigenvalue weighted by molar-refractivity contribution is 5.95. The molecule has 0 bridgehead atoms. The van der Waals surface area contributed by atoms with E-state index >= 15 is 0 Å². The van der Waals surface area contributed by atoms with Gasteiger partial charge in [0.05, 0.1) is 17.7 Å². The van der Waals surface area contributed by atoms with E-state index in [1.807, 2.05) is 11.6 Å². The maximum Gasteiger partial charge on any atom is 0.308 e. The first-order chi connectivity index (χ1) is 9.90. The molecule has 0 unspecified atom stereocenters. The summed E-state index contributed by atoms with van der Waals surface area (Å²) in [6, 6.07) is -0.275. The zero-order valence-corrected chi connectivity index (χ0v) is 12.8. The Kier molecular flexibility index (Phi) is 4.65. The molecule has 0 radical (unpaired) electrons. The number of carbonyl (C=O) groups is 2. The molecule has 116 valence electrons. The summed E-state index contributed by atoms with van der Waals surface area (Å²) < 4.78 is 1.82. The van der Waals surface area contributed by atoms with Gasteiger partial charge in [-0.1, -0.05) is 20.3 Å². The van der Waals surface area contributed by atoms with Crippen molar-refractivity contribution in [3.05, 3.63) is 17.5 Å². The average Bonchev–Trinajstić information content (AvgIpc) is 2.97. The van der Waals surface area contributed by atoms with Crippen LogP contribution in [-0.4, -0.2) is 32.8 Å². The number of hydrogen-bond donors (Lipinski definition) is 2. The number of aromatic nitrogens is 2. The molecule has 1 aromatic heterocycles.